The Hall–Kier alpha value is 0.200. The molecule has 2 rings (SSSR count). The third-order valence-electron chi connectivity index (χ3n) is 3.99. The van der Waals surface area contributed by atoms with Crippen LogP contribution in [-0.2, 0) is 0 Å². The molecule has 1 aromatic heterocycles. The van der Waals surface area contributed by atoms with Crippen LogP contribution in [0.25, 0.3) is 0 Å². The van der Waals surface area contributed by atoms with Gasteiger partial charge in [0.1, 0.15) is 0 Å². The lowest BCUT2D eigenvalue weighted by Gasteiger charge is -2.41. The van der Waals surface area contributed by atoms with Crippen molar-refractivity contribution in [3.8, 4) is 0 Å². The van der Waals surface area contributed by atoms with Crippen LogP contribution in [0.1, 0.15) is 38.3 Å². The first kappa shape index (κ1) is 14.6. The molecule has 0 saturated carbocycles. The molecule has 0 radical (unpaired) electrons. The van der Waals surface area contributed by atoms with E-state index in [4.69, 9.17) is 28.9 Å². The first-order chi connectivity index (χ1) is 8.52. The molecule has 2 nitrogen and oxygen atoms in total. The average Bonchev–Trinajstić information content (AvgIpc) is 2.68. The van der Waals surface area contributed by atoms with Crippen molar-refractivity contribution in [1.82, 2.24) is 4.90 Å². The first-order valence-corrected chi connectivity index (χ1v) is 8.00. The predicted molar refractivity (Wildman–Crippen MR) is 80.7 cm³/mol. The lowest BCUT2D eigenvalue weighted by atomic mass is 9.91. The van der Waals surface area contributed by atoms with E-state index in [9.17, 15) is 0 Å². The van der Waals surface area contributed by atoms with E-state index in [0.29, 0.717) is 18.0 Å². The van der Waals surface area contributed by atoms with Gasteiger partial charge in [-0.25, -0.2) is 0 Å². The molecule has 102 valence electrons. The van der Waals surface area contributed by atoms with E-state index >= 15 is 0 Å². The molecular weight excluding hydrogens is 287 g/mol. The Balaban J connectivity index is 2.16. The molecule has 0 amide bonds. The SMILES string of the molecule is CC1CCC(CN)CN1C(C)c1cc(Cl)sc1Cl. The van der Waals surface area contributed by atoms with E-state index in [0.717, 1.165) is 27.3 Å². The minimum absolute atomic E-state index is 0.311. The fraction of sp³-hybridized carbons (Fsp3) is 0.692. The highest BCUT2D eigenvalue weighted by Crippen LogP contribution is 2.39. The van der Waals surface area contributed by atoms with Gasteiger partial charge in [-0.3, -0.25) is 4.90 Å². The van der Waals surface area contributed by atoms with E-state index in [2.05, 4.69) is 18.7 Å². The van der Waals surface area contributed by atoms with Crippen LogP contribution in [0, 0.1) is 5.92 Å². The Labute approximate surface area is 123 Å². The summed E-state index contributed by atoms with van der Waals surface area (Å²) in [7, 11) is 0. The van der Waals surface area contributed by atoms with Crippen molar-refractivity contribution in [2.45, 2.75) is 38.8 Å². The normalized spacial score (nSPS) is 27.4. The van der Waals surface area contributed by atoms with Crippen LogP contribution in [0.15, 0.2) is 6.07 Å². The van der Waals surface area contributed by atoms with Crippen molar-refractivity contribution in [2.75, 3.05) is 13.1 Å². The Kier molecular flexibility index (Phi) is 4.95. The second kappa shape index (κ2) is 6.10. The zero-order chi connectivity index (χ0) is 13.3. The van der Waals surface area contributed by atoms with E-state index in [1.54, 1.807) is 0 Å². The molecule has 1 fully saturated rings. The molecule has 2 N–H and O–H groups in total. The Morgan fingerprint density at radius 1 is 1.50 bits per heavy atom. The van der Waals surface area contributed by atoms with E-state index < -0.39 is 0 Å². The third kappa shape index (κ3) is 3.02. The van der Waals surface area contributed by atoms with Gasteiger partial charge in [0.05, 0.1) is 8.67 Å². The number of halogens is 2. The summed E-state index contributed by atoms with van der Waals surface area (Å²) in [5, 5.41) is 0. The number of piperidine rings is 1. The summed E-state index contributed by atoms with van der Waals surface area (Å²) in [5.41, 5.74) is 6.96. The molecule has 0 aliphatic carbocycles. The highest BCUT2D eigenvalue weighted by Gasteiger charge is 2.30. The van der Waals surface area contributed by atoms with Crippen molar-refractivity contribution in [3.05, 3.63) is 20.3 Å². The number of hydrogen-bond acceptors (Lipinski definition) is 3. The maximum Gasteiger partial charge on any atom is 0.0991 e. The second-order valence-electron chi connectivity index (χ2n) is 5.18. The van der Waals surface area contributed by atoms with Gasteiger partial charge in [-0.1, -0.05) is 23.2 Å². The number of likely N-dealkylation sites (tertiary alicyclic amines) is 1. The second-order valence-corrected chi connectivity index (χ2v) is 7.47. The van der Waals surface area contributed by atoms with Crippen LogP contribution >= 0.6 is 34.5 Å². The maximum atomic E-state index is 6.26. The van der Waals surface area contributed by atoms with Gasteiger partial charge in [0.2, 0.25) is 0 Å². The summed E-state index contributed by atoms with van der Waals surface area (Å²) in [5.74, 6) is 0.608. The summed E-state index contributed by atoms with van der Waals surface area (Å²) in [6.45, 7) is 6.32. The van der Waals surface area contributed by atoms with E-state index in [1.165, 1.54) is 24.2 Å². The largest absolute Gasteiger partial charge is 0.330 e. The zero-order valence-corrected chi connectivity index (χ0v) is 13.2. The average molecular weight is 307 g/mol. The van der Waals surface area contributed by atoms with Crippen LogP contribution in [0.2, 0.25) is 8.67 Å². The molecule has 3 unspecified atom stereocenters. The summed E-state index contributed by atoms with van der Waals surface area (Å²) < 4.78 is 1.58. The molecule has 1 aromatic rings. The van der Waals surface area contributed by atoms with Gasteiger partial charge in [0.25, 0.3) is 0 Å². The van der Waals surface area contributed by atoms with Gasteiger partial charge in [-0.15, -0.1) is 11.3 Å². The molecule has 0 spiro atoms. The van der Waals surface area contributed by atoms with Crippen molar-refractivity contribution in [2.24, 2.45) is 11.7 Å². The molecular formula is C13H20Cl2N2S. The minimum Gasteiger partial charge on any atom is -0.330 e. The van der Waals surface area contributed by atoms with Gasteiger partial charge in [-0.05, 0) is 45.2 Å². The van der Waals surface area contributed by atoms with Crippen molar-refractivity contribution < 1.29 is 0 Å². The number of nitrogens with two attached hydrogens (primary N) is 1. The van der Waals surface area contributed by atoms with Crippen LogP contribution in [0.3, 0.4) is 0 Å². The first-order valence-electron chi connectivity index (χ1n) is 6.43. The summed E-state index contributed by atoms with van der Waals surface area (Å²) in [6, 6.07) is 2.89. The number of nitrogens with zero attached hydrogens (tertiary/aromatic N) is 1. The minimum atomic E-state index is 0.311. The maximum absolute atomic E-state index is 6.26. The monoisotopic (exact) mass is 306 g/mol. The number of rotatable bonds is 3. The smallest absolute Gasteiger partial charge is 0.0991 e. The van der Waals surface area contributed by atoms with Gasteiger partial charge in [0.15, 0.2) is 0 Å². The molecule has 1 aliphatic rings. The van der Waals surface area contributed by atoms with Crippen LogP contribution in [0.4, 0.5) is 0 Å². The van der Waals surface area contributed by atoms with Crippen LogP contribution < -0.4 is 5.73 Å². The highest BCUT2D eigenvalue weighted by atomic mass is 35.5. The molecule has 1 saturated heterocycles. The van der Waals surface area contributed by atoms with E-state index in [1.807, 2.05) is 6.07 Å². The zero-order valence-electron chi connectivity index (χ0n) is 10.8. The summed E-state index contributed by atoms with van der Waals surface area (Å²) in [6.07, 6.45) is 2.45. The third-order valence-corrected chi connectivity index (χ3v) is 5.51. The number of hydrogen-bond donors (Lipinski definition) is 1. The van der Waals surface area contributed by atoms with Gasteiger partial charge >= 0.3 is 0 Å². The topological polar surface area (TPSA) is 29.3 Å². The lowest BCUT2D eigenvalue weighted by Crippen LogP contribution is -2.44. The quantitative estimate of drug-likeness (QED) is 0.908. The van der Waals surface area contributed by atoms with Crippen LogP contribution in [-0.4, -0.2) is 24.0 Å². The van der Waals surface area contributed by atoms with Crippen molar-refractivity contribution in [3.63, 3.8) is 0 Å². The Bertz CT molecular complexity index is 408. The van der Waals surface area contributed by atoms with E-state index in [-0.39, 0.29) is 0 Å². The molecule has 0 aromatic carbocycles. The predicted octanol–water partition coefficient (Wildman–Crippen LogP) is 4.18. The summed E-state index contributed by atoms with van der Waals surface area (Å²) in [4.78, 5) is 2.51. The molecule has 3 atom stereocenters. The number of thiophene rings is 1. The highest BCUT2D eigenvalue weighted by molar-refractivity contribution is 7.20. The van der Waals surface area contributed by atoms with Crippen molar-refractivity contribution in [1.29, 1.82) is 0 Å². The molecule has 1 aliphatic heterocycles. The molecule has 5 heteroatoms. The van der Waals surface area contributed by atoms with Gasteiger partial charge in [-0.2, -0.15) is 0 Å². The fourth-order valence-corrected chi connectivity index (χ4v) is 4.39. The van der Waals surface area contributed by atoms with Crippen molar-refractivity contribution >= 4 is 34.5 Å². The van der Waals surface area contributed by atoms with Crippen LogP contribution in [0.5, 0.6) is 0 Å². The molecule has 18 heavy (non-hydrogen) atoms. The lowest BCUT2D eigenvalue weighted by molar-refractivity contribution is 0.0815. The molecule has 2 heterocycles. The Morgan fingerprint density at radius 2 is 2.22 bits per heavy atom. The fourth-order valence-electron chi connectivity index (χ4n) is 2.76. The Morgan fingerprint density at radius 3 is 2.78 bits per heavy atom. The summed E-state index contributed by atoms with van der Waals surface area (Å²) >= 11 is 13.7. The standard InChI is InChI=1S/C13H20Cl2N2S/c1-8-3-4-10(6-16)7-17(8)9(2)11-5-12(14)18-13(11)15/h5,8-10H,3-4,6-7,16H2,1-2H3. The molecule has 0 bridgehead atoms. The van der Waals surface area contributed by atoms with Gasteiger partial charge < -0.3 is 5.73 Å². The van der Waals surface area contributed by atoms with Gasteiger partial charge in [0, 0.05) is 24.2 Å².